The molecule has 0 aliphatic carbocycles. The van der Waals surface area contributed by atoms with Gasteiger partial charge in [-0.1, -0.05) is 6.92 Å². The van der Waals surface area contributed by atoms with Crippen molar-refractivity contribution in [2.24, 2.45) is 0 Å². The summed E-state index contributed by atoms with van der Waals surface area (Å²) in [5, 5.41) is 0. The minimum atomic E-state index is -3.76. The first-order valence-corrected chi connectivity index (χ1v) is 6.33. The zero-order valence-corrected chi connectivity index (χ0v) is 9.56. The molecule has 0 aliphatic heterocycles. The fourth-order valence-corrected chi connectivity index (χ4v) is 2.23. The topological polar surface area (TPSA) is 43.4 Å². The summed E-state index contributed by atoms with van der Waals surface area (Å²) >= 11 is 0. The molecule has 0 aromatic heterocycles. The van der Waals surface area contributed by atoms with Crippen LogP contribution in [0.25, 0.3) is 0 Å². The molecule has 0 radical (unpaired) electrons. The van der Waals surface area contributed by atoms with Crippen LogP contribution in [0.5, 0.6) is 0 Å². The Bertz CT molecular complexity index is 437. The molecule has 0 spiro atoms. The summed E-state index contributed by atoms with van der Waals surface area (Å²) in [4.78, 5) is 0. The third-order valence-electron chi connectivity index (χ3n) is 1.73. The number of halogens is 2. The molecule has 1 aromatic rings. The zero-order chi connectivity index (χ0) is 12.2. The Balaban J connectivity index is 2.80. The average molecular weight is 250 g/mol. The highest BCUT2D eigenvalue weighted by atomic mass is 32.2. The molecule has 0 fully saturated rings. The van der Waals surface area contributed by atoms with Gasteiger partial charge < -0.3 is 0 Å². The van der Waals surface area contributed by atoms with E-state index in [0.29, 0.717) is 12.5 Å². The maximum atomic E-state index is 12.8. The molecule has 1 rings (SSSR count). The van der Waals surface area contributed by atoms with E-state index in [1.165, 1.54) is 0 Å². The molecule has 0 unspecified atom stereocenters. The maximum Gasteiger partial charge on any atom is 0.271 e. The minimum Gasteiger partial charge on any atom is -0.270 e. The number of benzene rings is 1. The lowest BCUT2D eigenvalue weighted by atomic mass is 10.2. The molecule has 6 heteroatoms. The van der Waals surface area contributed by atoms with Crippen LogP contribution >= 0.6 is 0 Å². The van der Waals surface area contributed by atoms with Crippen LogP contribution in [-0.4, -0.2) is 15.0 Å². The fourth-order valence-electron chi connectivity index (χ4n) is 1.15. The Morgan fingerprint density at radius 1 is 1.19 bits per heavy atom. The molecule has 0 saturated carbocycles. The van der Waals surface area contributed by atoms with Crippen LogP contribution < -0.4 is 0 Å². The first kappa shape index (κ1) is 13.1. The second kappa shape index (κ2) is 5.36. The first-order chi connectivity index (χ1) is 7.43. The third-order valence-corrected chi connectivity index (χ3v) is 2.95. The molecule has 16 heavy (non-hydrogen) atoms. The van der Waals surface area contributed by atoms with Crippen LogP contribution in [0.3, 0.4) is 0 Å². The Morgan fingerprint density at radius 2 is 1.75 bits per heavy atom. The number of rotatable bonds is 5. The molecule has 0 heterocycles. The number of hydrogen-bond donors (Lipinski definition) is 0. The van der Waals surface area contributed by atoms with Crippen molar-refractivity contribution in [3.8, 4) is 0 Å². The highest BCUT2D eigenvalue weighted by molar-refractivity contribution is 7.85. The van der Waals surface area contributed by atoms with Gasteiger partial charge in [0.25, 0.3) is 10.1 Å². The molecular formula is C10H12F2O3S. The van der Waals surface area contributed by atoms with Gasteiger partial charge in [0.1, 0.15) is 17.4 Å². The maximum absolute atomic E-state index is 12.8. The molecule has 0 amide bonds. The van der Waals surface area contributed by atoms with Gasteiger partial charge >= 0.3 is 0 Å². The lowest BCUT2D eigenvalue weighted by Crippen LogP contribution is -2.09. The Kier molecular flexibility index (Phi) is 4.37. The van der Waals surface area contributed by atoms with Gasteiger partial charge in [-0.3, -0.25) is 4.18 Å². The van der Waals surface area contributed by atoms with Crippen molar-refractivity contribution in [2.45, 2.75) is 19.1 Å². The van der Waals surface area contributed by atoms with E-state index in [0.717, 1.165) is 12.1 Å². The van der Waals surface area contributed by atoms with Crippen molar-refractivity contribution in [2.75, 3.05) is 6.61 Å². The first-order valence-electron chi connectivity index (χ1n) is 4.75. The predicted molar refractivity (Wildman–Crippen MR) is 55.2 cm³/mol. The van der Waals surface area contributed by atoms with Gasteiger partial charge in [0.05, 0.1) is 6.61 Å². The number of hydrogen-bond acceptors (Lipinski definition) is 3. The van der Waals surface area contributed by atoms with E-state index in [4.69, 9.17) is 0 Å². The monoisotopic (exact) mass is 250 g/mol. The molecule has 0 bridgehead atoms. The van der Waals surface area contributed by atoms with Crippen molar-refractivity contribution >= 4 is 10.1 Å². The second-order valence-corrected chi connectivity index (χ2v) is 4.94. The van der Waals surface area contributed by atoms with E-state index in [1.54, 1.807) is 6.92 Å². The smallest absolute Gasteiger partial charge is 0.270 e. The predicted octanol–water partition coefficient (Wildman–Crippen LogP) is 2.22. The minimum absolute atomic E-state index is 0.0357. The average Bonchev–Trinajstić information content (AvgIpc) is 2.12. The van der Waals surface area contributed by atoms with Crippen LogP contribution in [0.4, 0.5) is 8.78 Å². The Morgan fingerprint density at radius 3 is 2.25 bits per heavy atom. The van der Waals surface area contributed by atoms with Crippen molar-refractivity contribution in [1.29, 1.82) is 0 Å². The van der Waals surface area contributed by atoms with Gasteiger partial charge in [0, 0.05) is 6.07 Å². The quantitative estimate of drug-likeness (QED) is 0.752. The van der Waals surface area contributed by atoms with Gasteiger partial charge in [-0.25, -0.2) is 8.78 Å². The van der Waals surface area contributed by atoms with Crippen LogP contribution in [-0.2, 0) is 20.1 Å². The van der Waals surface area contributed by atoms with Crippen LogP contribution in [0.2, 0.25) is 0 Å². The largest absolute Gasteiger partial charge is 0.271 e. The molecule has 90 valence electrons. The second-order valence-electron chi connectivity index (χ2n) is 3.30. The van der Waals surface area contributed by atoms with Gasteiger partial charge in [-0.15, -0.1) is 0 Å². The van der Waals surface area contributed by atoms with Gasteiger partial charge in [-0.05, 0) is 24.1 Å². The van der Waals surface area contributed by atoms with Gasteiger partial charge in [0.15, 0.2) is 0 Å². The summed E-state index contributed by atoms with van der Waals surface area (Å²) in [6.45, 7) is 1.83. The van der Waals surface area contributed by atoms with E-state index in [-0.39, 0.29) is 12.2 Å². The summed E-state index contributed by atoms with van der Waals surface area (Å²) in [5.41, 5.74) is 0.0357. The summed E-state index contributed by atoms with van der Waals surface area (Å²) in [6.07, 6.45) is 0.552. The summed E-state index contributed by atoms with van der Waals surface area (Å²) in [7, 11) is -3.76. The van der Waals surface area contributed by atoms with Crippen molar-refractivity contribution in [1.82, 2.24) is 0 Å². The third kappa shape index (κ3) is 4.24. The van der Waals surface area contributed by atoms with E-state index in [1.807, 2.05) is 0 Å². The van der Waals surface area contributed by atoms with Crippen molar-refractivity contribution < 1.29 is 21.4 Å². The SMILES string of the molecule is CCCOS(=O)(=O)Cc1cc(F)cc(F)c1. The van der Waals surface area contributed by atoms with Crippen LogP contribution in [0.1, 0.15) is 18.9 Å². The molecule has 0 saturated heterocycles. The Labute approximate surface area is 93.2 Å². The molecule has 1 aromatic carbocycles. The summed E-state index contributed by atoms with van der Waals surface area (Å²) < 4.78 is 52.8. The molecule has 0 aliphatic rings. The van der Waals surface area contributed by atoms with Crippen LogP contribution in [0.15, 0.2) is 18.2 Å². The lowest BCUT2D eigenvalue weighted by Gasteiger charge is -2.04. The van der Waals surface area contributed by atoms with E-state index >= 15 is 0 Å². The van der Waals surface area contributed by atoms with Crippen LogP contribution in [0, 0.1) is 11.6 Å². The zero-order valence-electron chi connectivity index (χ0n) is 8.74. The standard InChI is InChI=1S/C10H12F2O3S/c1-2-3-15-16(13,14)7-8-4-9(11)6-10(12)5-8/h4-6H,2-3,7H2,1H3. The lowest BCUT2D eigenvalue weighted by molar-refractivity contribution is 0.317. The molecule has 3 nitrogen and oxygen atoms in total. The highest BCUT2D eigenvalue weighted by Crippen LogP contribution is 2.12. The normalized spacial score (nSPS) is 11.7. The van der Waals surface area contributed by atoms with Gasteiger partial charge in [0.2, 0.25) is 0 Å². The van der Waals surface area contributed by atoms with Gasteiger partial charge in [-0.2, -0.15) is 8.42 Å². The van der Waals surface area contributed by atoms with E-state index in [2.05, 4.69) is 4.18 Å². The summed E-state index contributed by atoms with van der Waals surface area (Å²) in [5.74, 6) is -2.14. The highest BCUT2D eigenvalue weighted by Gasteiger charge is 2.13. The Hall–Kier alpha value is -1.01. The fraction of sp³-hybridized carbons (Fsp3) is 0.400. The molecular weight excluding hydrogens is 238 g/mol. The molecule has 0 atom stereocenters. The van der Waals surface area contributed by atoms with Crippen molar-refractivity contribution in [3.63, 3.8) is 0 Å². The van der Waals surface area contributed by atoms with Crippen molar-refractivity contribution in [3.05, 3.63) is 35.4 Å². The molecule has 0 N–H and O–H groups in total. The van der Waals surface area contributed by atoms with E-state index in [9.17, 15) is 17.2 Å². The summed E-state index contributed by atoms with van der Waals surface area (Å²) in [6, 6.07) is 2.62. The van der Waals surface area contributed by atoms with E-state index < -0.39 is 27.5 Å².